The Hall–Kier alpha value is -2.54. The van der Waals surface area contributed by atoms with Gasteiger partial charge in [-0.1, -0.05) is 23.5 Å². The first-order valence-electron chi connectivity index (χ1n) is 11.1. The molecule has 0 atom stereocenters. The van der Waals surface area contributed by atoms with Gasteiger partial charge in [-0.05, 0) is 62.1 Å². The molecule has 1 aliphatic rings. The van der Waals surface area contributed by atoms with E-state index in [1.54, 1.807) is 6.07 Å². The van der Waals surface area contributed by atoms with Gasteiger partial charge in [0.15, 0.2) is 0 Å². The van der Waals surface area contributed by atoms with Crippen LogP contribution in [0.15, 0.2) is 30.3 Å². The zero-order valence-corrected chi connectivity index (χ0v) is 21.1. The van der Waals surface area contributed by atoms with Crippen LogP contribution in [0.2, 0.25) is 0 Å². The maximum Gasteiger partial charge on any atom is 0.148 e. The summed E-state index contributed by atoms with van der Waals surface area (Å²) in [6.07, 6.45) is 0.855. The van der Waals surface area contributed by atoms with E-state index >= 15 is 0 Å². The van der Waals surface area contributed by atoms with Crippen LogP contribution in [-0.4, -0.2) is 57.2 Å². The van der Waals surface area contributed by atoms with Crippen molar-refractivity contribution in [2.45, 2.75) is 45.9 Å². The van der Waals surface area contributed by atoms with Gasteiger partial charge in [0.25, 0.3) is 0 Å². The molecule has 2 aromatic carbocycles. The van der Waals surface area contributed by atoms with Gasteiger partial charge in [0, 0.05) is 24.2 Å². The minimum atomic E-state index is -0.223. The first-order chi connectivity index (χ1) is 15.9. The van der Waals surface area contributed by atoms with Crippen molar-refractivity contribution in [1.82, 2.24) is 15.1 Å². The highest BCUT2D eigenvalue weighted by Crippen LogP contribution is 2.36. The lowest BCUT2D eigenvalue weighted by Crippen LogP contribution is -2.43. The number of benzene rings is 2. The molecule has 0 radical (unpaired) electrons. The number of ether oxygens (including phenoxy) is 1. The summed E-state index contributed by atoms with van der Waals surface area (Å²) >= 11 is 1.51. The van der Waals surface area contributed by atoms with Crippen molar-refractivity contribution in [2.75, 3.05) is 19.8 Å². The maximum absolute atomic E-state index is 9.53. The summed E-state index contributed by atoms with van der Waals surface area (Å²) in [4.78, 5) is 2.13. The summed E-state index contributed by atoms with van der Waals surface area (Å²) in [7, 11) is 0. The van der Waals surface area contributed by atoms with Crippen molar-refractivity contribution in [2.24, 2.45) is 0 Å². The number of rotatable bonds is 7. The molecule has 0 bridgehead atoms. The molecule has 0 saturated heterocycles. The van der Waals surface area contributed by atoms with Gasteiger partial charge in [0.2, 0.25) is 0 Å². The minimum Gasteiger partial charge on any atom is -0.490 e. The van der Waals surface area contributed by atoms with Crippen LogP contribution in [0.5, 0.6) is 5.75 Å². The van der Waals surface area contributed by atoms with Gasteiger partial charge in [0.05, 0.1) is 30.9 Å². The molecule has 1 aromatic heterocycles. The second kappa shape index (κ2) is 11.3. The van der Waals surface area contributed by atoms with Crippen LogP contribution in [0.3, 0.4) is 0 Å². The van der Waals surface area contributed by atoms with Gasteiger partial charge in [-0.3, -0.25) is 4.90 Å². The minimum absolute atomic E-state index is 0. The van der Waals surface area contributed by atoms with E-state index in [0.717, 1.165) is 34.1 Å². The molecule has 0 amide bonds. The Morgan fingerprint density at radius 3 is 2.56 bits per heavy atom. The molecule has 180 valence electrons. The van der Waals surface area contributed by atoms with Crippen LogP contribution in [0.1, 0.15) is 36.1 Å². The lowest BCUT2D eigenvalue weighted by Gasteiger charge is -2.34. The van der Waals surface area contributed by atoms with Gasteiger partial charge < -0.3 is 14.9 Å². The van der Waals surface area contributed by atoms with Gasteiger partial charge >= 0.3 is 0 Å². The first-order valence-corrected chi connectivity index (χ1v) is 11.9. The topological polar surface area (TPSA) is 103 Å². The number of nitriles is 1. The van der Waals surface area contributed by atoms with Crippen molar-refractivity contribution in [1.29, 1.82) is 5.26 Å². The molecule has 0 aliphatic carbocycles. The van der Waals surface area contributed by atoms with Crippen LogP contribution in [0, 0.1) is 18.3 Å². The molecule has 0 saturated carbocycles. The number of aliphatic hydroxyl groups is 2. The molecule has 0 spiro atoms. The van der Waals surface area contributed by atoms with Crippen LogP contribution >= 0.6 is 23.7 Å². The lowest BCUT2D eigenvalue weighted by atomic mass is 9.91. The number of nitrogens with zero attached hydrogens (tertiary/aromatic N) is 4. The molecule has 34 heavy (non-hydrogen) atoms. The van der Waals surface area contributed by atoms with Crippen LogP contribution in [-0.2, 0) is 13.0 Å². The molecule has 0 unspecified atom stereocenters. The smallest absolute Gasteiger partial charge is 0.148 e. The number of aliphatic hydroxyl groups excluding tert-OH is 2. The van der Waals surface area contributed by atoms with E-state index in [1.807, 2.05) is 26.0 Å². The van der Waals surface area contributed by atoms with Gasteiger partial charge in [-0.25, -0.2) is 0 Å². The predicted molar refractivity (Wildman–Crippen MR) is 135 cm³/mol. The Kier molecular flexibility index (Phi) is 8.63. The molecule has 2 N–H and O–H groups in total. The quantitative estimate of drug-likeness (QED) is 0.506. The van der Waals surface area contributed by atoms with Crippen molar-refractivity contribution in [3.05, 3.63) is 52.6 Å². The summed E-state index contributed by atoms with van der Waals surface area (Å²) in [5.41, 5.74) is 6.11. The Bertz CT molecular complexity index is 1190. The van der Waals surface area contributed by atoms with Crippen molar-refractivity contribution in [3.8, 4) is 33.0 Å². The fourth-order valence-corrected chi connectivity index (χ4v) is 5.17. The molecule has 7 nitrogen and oxygen atoms in total. The van der Waals surface area contributed by atoms with E-state index in [-0.39, 0.29) is 37.8 Å². The zero-order chi connectivity index (χ0) is 23.5. The third kappa shape index (κ3) is 5.24. The second-order valence-corrected chi connectivity index (χ2v) is 9.49. The molecule has 4 rings (SSSR count). The summed E-state index contributed by atoms with van der Waals surface area (Å²) in [5.74, 6) is 0.574. The lowest BCUT2D eigenvalue weighted by molar-refractivity contribution is 0.0650. The molecular weight excluding hydrogens is 472 g/mol. The van der Waals surface area contributed by atoms with Gasteiger partial charge in [0.1, 0.15) is 21.8 Å². The van der Waals surface area contributed by atoms with E-state index in [2.05, 4.69) is 40.2 Å². The van der Waals surface area contributed by atoms with Crippen molar-refractivity contribution >= 4 is 23.7 Å². The fourth-order valence-electron chi connectivity index (χ4n) is 4.25. The molecule has 0 fully saturated rings. The Balaban J connectivity index is 0.00000324. The van der Waals surface area contributed by atoms with Gasteiger partial charge in [-0.15, -0.1) is 22.6 Å². The van der Waals surface area contributed by atoms with E-state index < -0.39 is 0 Å². The zero-order valence-electron chi connectivity index (χ0n) is 19.5. The van der Waals surface area contributed by atoms with Crippen molar-refractivity contribution < 1.29 is 14.9 Å². The Morgan fingerprint density at radius 2 is 1.88 bits per heavy atom. The molecule has 3 aromatic rings. The summed E-state index contributed by atoms with van der Waals surface area (Å²) < 4.78 is 5.72. The SMILES string of the molecule is Cc1c(-c2nnc(-c3ccc(OC(C)C)c(C#N)c3)s2)ccc2c1CCN(C(CO)CO)C2.Cl. The maximum atomic E-state index is 9.53. The van der Waals surface area contributed by atoms with E-state index in [9.17, 15) is 15.5 Å². The number of halogens is 1. The number of hydrogen-bond donors (Lipinski definition) is 2. The van der Waals surface area contributed by atoms with Gasteiger partial charge in [-0.2, -0.15) is 5.26 Å². The summed E-state index contributed by atoms with van der Waals surface area (Å²) in [5, 5.41) is 39.0. The highest BCUT2D eigenvalue weighted by molar-refractivity contribution is 7.17. The van der Waals surface area contributed by atoms with Crippen LogP contribution in [0.25, 0.3) is 21.1 Å². The average Bonchev–Trinajstić information content (AvgIpc) is 3.30. The summed E-state index contributed by atoms with van der Waals surface area (Å²) in [6.45, 7) is 7.40. The highest BCUT2D eigenvalue weighted by atomic mass is 35.5. The number of aromatic nitrogens is 2. The average molecular weight is 501 g/mol. The second-order valence-electron chi connectivity index (χ2n) is 8.52. The molecule has 9 heteroatoms. The Morgan fingerprint density at radius 1 is 1.15 bits per heavy atom. The van der Waals surface area contributed by atoms with E-state index in [1.165, 1.54) is 28.0 Å². The van der Waals surface area contributed by atoms with E-state index in [4.69, 9.17) is 4.74 Å². The third-order valence-electron chi connectivity index (χ3n) is 6.02. The van der Waals surface area contributed by atoms with Crippen LogP contribution < -0.4 is 4.74 Å². The molecular formula is C25H29ClN4O3S. The summed E-state index contributed by atoms with van der Waals surface area (Å²) in [6, 6.07) is 11.7. The third-order valence-corrected chi connectivity index (χ3v) is 7.03. The Labute approximate surface area is 210 Å². The largest absolute Gasteiger partial charge is 0.490 e. The highest BCUT2D eigenvalue weighted by Gasteiger charge is 2.25. The molecule has 2 heterocycles. The van der Waals surface area contributed by atoms with E-state index in [0.29, 0.717) is 17.9 Å². The van der Waals surface area contributed by atoms with Crippen LogP contribution in [0.4, 0.5) is 0 Å². The number of hydrogen-bond acceptors (Lipinski definition) is 8. The monoisotopic (exact) mass is 500 g/mol. The first kappa shape index (κ1) is 26.1. The number of fused-ring (bicyclic) bond motifs is 1. The predicted octanol–water partition coefficient (Wildman–Crippen LogP) is 3.97. The normalized spacial score (nSPS) is 13.5. The van der Waals surface area contributed by atoms with Crippen molar-refractivity contribution in [3.63, 3.8) is 0 Å². The molecule has 1 aliphatic heterocycles. The fraction of sp³-hybridized carbons (Fsp3) is 0.400. The standard InChI is InChI=1S/C25H28N4O3S.ClH/c1-15(2)32-23-7-5-17(10-19(23)11-26)24-27-28-25(33-24)22-6-4-18-12-29(20(13-30)14-31)9-8-21(18)16(22)3;/h4-7,10,15,20,30-31H,8-9,12-14H2,1-3H3;1H.